The maximum atomic E-state index is 12.5. The van der Waals surface area contributed by atoms with E-state index in [0.717, 1.165) is 11.3 Å². The summed E-state index contributed by atoms with van der Waals surface area (Å²) >= 11 is 5.87. The SMILES string of the molecule is CCC(NS(=O)(=O)c1cccc(Cl)c1)c1ccc(OC)cc1. The van der Waals surface area contributed by atoms with Gasteiger partial charge in [-0.25, -0.2) is 13.1 Å². The summed E-state index contributed by atoms with van der Waals surface area (Å²) in [5.41, 5.74) is 0.883. The number of rotatable bonds is 6. The number of nitrogens with one attached hydrogen (secondary N) is 1. The van der Waals surface area contributed by atoms with Crippen LogP contribution in [0.15, 0.2) is 53.4 Å². The summed E-state index contributed by atoms with van der Waals surface area (Å²) in [5, 5.41) is 0.389. The van der Waals surface area contributed by atoms with Crippen molar-refractivity contribution >= 4 is 21.6 Å². The molecule has 0 aliphatic heterocycles. The molecule has 0 bridgehead atoms. The van der Waals surface area contributed by atoms with Crippen LogP contribution >= 0.6 is 11.6 Å². The Balaban J connectivity index is 2.25. The summed E-state index contributed by atoms with van der Waals surface area (Å²) in [4.78, 5) is 0.159. The van der Waals surface area contributed by atoms with E-state index in [0.29, 0.717) is 11.4 Å². The van der Waals surface area contributed by atoms with Crippen LogP contribution in [0.1, 0.15) is 24.9 Å². The lowest BCUT2D eigenvalue weighted by molar-refractivity contribution is 0.414. The summed E-state index contributed by atoms with van der Waals surface area (Å²) < 4.78 is 32.7. The smallest absolute Gasteiger partial charge is 0.241 e. The maximum absolute atomic E-state index is 12.5. The molecule has 0 saturated heterocycles. The van der Waals surface area contributed by atoms with Crippen LogP contribution in [0.5, 0.6) is 5.75 Å². The van der Waals surface area contributed by atoms with Crippen molar-refractivity contribution in [1.82, 2.24) is 4.72 Å². The Morgan fingerprint density at radius 3 is 2.41 bits per heavy atom. The number of hydrogen-bond donors (Lipinski definition) is 1. The van der Waals surface area contributed by atoms with Gasteiger partial charge < -0.3 is 4.74 Å². The highest BCUT2D eigenvalue weighted by Gasteiger charge is 2.20. The topological polar surface area (TPSA) is 55.4 Å². The second-order valence-electron chi connectivity index (χ2n) is 4.81. The van der Waals surface area contributed by atoms with E-state index < -0.39 is 10.0 Å². The first-order chi connectivity index (χ1) is 10.5. The van der Waals surface area contributed by atoms with Gasteiger partial charge in [0.05, 0.1) is 12.0 Å². The van der Waals surface area contributed by atoms with Gasteiger partial charge in [-0.2, -0.15) is 0 Å². The zero-order valence-corrected chi connectivity index (χ0v) is 14.0. The fourth-order valence-electron chi connectivity index (χ4n) is 2.11. The molecule has 4 nitrogen and oxygen atoms in total. The quantitative estimate of drug-likeness (QED) is 0.871. The van der Waals surface area contributed by atoms with E-state index in [1.54, 1.807) is 19.2 Å². The minimum Gasteiger partial charge on any atom is -0.497 e. The first-order valence-electron chi connectivity index (χ1n) is 6.88. The van der Waals surface area contributed by atoms with Crippen LogP contribution in [0, 0.1) is 0 Å². The van der Waals surface area contributed by atoms with Gasteiger partial charge >= 0.3 is 0 Å². The van der Waals surface area contributed by atoms with Gasteiger partial charge in [0.1, 0.15) is 5.75 Å². The number of ether oxygens (including phenoxy) is 1. The average molecular weight is 340 g/mol. The summed E-state index contributed by atoms with van der Waals surface area (Å²) in [6.07, 6.45) is 0.631. The van der Waals surface area contributed by atoms with Gasteiger partial charge in [-0.15, -0.1) is 0 Å². The van der Waals surface area contributed by atoms with Crippen LogP contribution in [-0.2, 0) is 10.0 Å². The molecule has 0 fully saturated rings. The average Bonchev–Trinajstić information content (AvgIpc) is 2.53. The molecule has 2 aromatic carbocycles. The van der Waals surface area contributed by atoms with Crippen LogP contribution in [0.3, 0.4) is 0 Å². The summed E-state index contributed by atoms with van der Waals surface area (Å²) in [5.74, 6) is 0.733. The van der Waals surface area contributed by atoms with Gasteiger partial charge in [-0.1, -0.05) is 36.7 Å². The molecule has 1 unspecified atom stereocenters. The summed E-state index contributed by atoms with van der Waals surface area (Å²) in [7, 11) is -2.03. The zero-order valence-electron chi connectivity index (χ0n) is 12.4. The van der Waals surface area contributed by atoms with Crippen molar-refractivity contribution in [1.29, 1.82) is 0 Å². The van der Waals surface area contributed by atoms with E-state index in [1.807, 2.05) is 31.2 Å². The highest BCUT2D eigenvalue weighted by molar-refractivity contribution is 7.89. The fraction of sp³-hybridized carbons (Fsp3) is 0.250. The zero-order chi connectivity index (χ0) is 16.2. The molecule has 2 rings (SSSR count). The van der Waals surface area contributed by atoms with Crippen molar-refractivity contribution in [3.05, 3.63) is 59.1 Å². The van der Waals surface area contributed by atoms with Crippen molar-refractivity contribution in [3.63, 3.8) is 0 Å². The highest BCUT2D eigenvalue weighted by atomic mass is 35.5. The van der Waals surface area contributed by atoms with Gasteiger partial charge in [0.25, 0.3) is 0 Å². The van der Waals surface area contributed by atoms with Gasteiger partial charge in [-0.3, -0.25) is 0 Å². The molecule has 22 heavy (non-hydrogen) atoms. The van der Waals surface area contributed by atoms with E-state index in [1.165, 1.54) is 12.1 Å². The summed E-state index contributed by atoms with van der Waals surface area (Å²) in [6.45, 7) is 1.93. The third kappa shape index (κ3) is 4.00. The van der Waals surface area contributed by atoms with Crippen LogP contribution in [0.2, 0.25) is 5.02 Å². The summed E-state index contributed by atoms with van der Waals surface area (Å²) in [6, 6.07) is 13.2. The predicted octanol–water partition coefficient (Wildman–Crippen LogP) is 3.78. The molecule has 0 aliphatic rings. The Bertz CT molecular complexity index is 729. The molecule has 0 heterocycles. The molecular weight excluding hydrogens is 322 g/mol. The first kappa shape index (κ1) is 16.8. The number of benzene rings is 2. The van der Waals surface area contributed by atoms with Gasteiger partial charge in [-0.05, 0) is 42.3 Å². The van der Waals surface area contributed by atoms with Crippen LogP contribution in [0.25, 0.3) is 0 Å². The lowest BCUT2D eigenvalue weighted by atomic mass is 10.1. The largest absolute Gasteiger partial charge is 0.497 e. The monoisotopic (exact) mass is 339 g/mol. The molecule has 0 radical (unpaired) electrons. The maximum Gasteiger partial charge on any atom is 0.241 e. The molecule has 6 heteroatoms. The molecule has 1 N–H and O–H groups in total. The Kier molecular flexibility index (Phi) is 5.45. The van der Waals surface area contributed by atoms with Crippen LogP contribution in [0.4, 0.5) is 0 Å². The predicted molar refractivity (Wildman–Crippen MR) is 87.8 cm³/mol. The van der Waals surface area contributed by atoms with Crippen LogP contribution < -0.4 is 9.46 Å². The highest BCUT2D eigenvalue weighted by Crippen LogP contribution is 2.23. The number of methoxy groups -OCH3 is 1. The van der Waals surface area contributed by atoms with Crippen LogP contribution in [-0.4, -0.2) is 15.5 Å². The Hall–Kier alpha value is -1.56. The van der Waals surface area contributed by atoms with E-state index in [9.17, 15) is 8.42 Å². The van der Waals surface area contributed by atoms with Crippen molar-refractivity contribution in [2.24, 2.45) is 0 Å². The molecule has 0 saturated carbocycles. The molecule has 0 aromatic heterocycles. The second kappa shape index (κ2) is 7.13. The van der Waals surface area contributed by atoms with Gasteiger partial charge in [0, 0.05) is 11.1 Å². The van der Waals surface area contributed by atoms with Gasteiger partial charge in [0.2, 0.25) is 10.0 Å². The second-order valence-corrected chi connectivity index (χ2v) is 6.96. The lowest BCUT2D eigenvalue weighted by Gasteiger charge is -2.18. The third-order valence-corrected chi connectivity index (χ3v) is 5.03. The van der Waals surface area contributed by atoms with E-state index in [4.69, 9.17) is 16.3 Å². The molecular formula is C16H18ClNO3S. The third-order valence-electron chi connectivity index (χ3n) is 3.33. The molecule has 0 aliphatic carbocycles. The van der Waals surface area contributed by atoms with Crippen molar-refractivity contribution in [3.8, 4) is 5.75 Å². The minimum absolute atomic E-state index is 0.159. The number of hydrogen-bond acceptors (Lipinski definition) is 3. The molecule has 2 aromatic rings. The fourth-order valence-corrected chi connectivity index (χ4v) is 3.72. The molecule has 1 atom stereocenters. The normalized spacial score (nSPS) is 12.9. The molecule has 0 spiro atoms. The molecule has 118 valence electrons. The Morgan fingerprint density at radius 1 is 1.18 bits per heavy atom. The van der Waals surface area contributed by atoms with E-state index >= 15 is 0 Å². The molecule has 0 amide bonds. The Labute approximate surface area is 136 Å². The van der Waals surface area contributed by atoms with E-state index in [-0.39, 0.29) is 10.9 Å². The Morgan fingerprint density at radius 2 is 1.86 bits per heavy atom. The first-order valence-corrected chi connectivity index (χ1v) is 8.74. The lowest BCUT2D eigenvalue weighted by Crippen LogP contribution is -2.28. The standard InChI is InChI=1S/C16H18ClNO3S/c1-3-16(12-7-9-14(21-2)10-8-12)18-22(19,20)15-6-4-5-13(17)11-15/h4-11,16,18H,3H2,1-2H3. The number of halogens is 1. The van der Waals surface area contributed by atoms with Crippen molar-refractivity contribution in [2.45, 2.75) is 24.3 Å². The van der Waals surface area contributed by atoms with Crippen molar-refractivity contribution < 1.29 is 13.2 Å². The van der Waals surface area contributed by atoms with E-state index in [2.05, 4.69) is 4.72 Å². The van der Waals surface area contributed by atoms with Crippen molar-refractivity contribution in [2.75, 3.05) is 7.11 Å². The minimum atomic E-state index is -3.62. The number of sulfonamides is 1. The van der Waals surface area contributed by atoms with Gasteiger partial charge in [0.15, 0.2) is 0 Å².